The Morgan fingerprint density at radius 2 is 1.62 bits per heavy atom. The third kappa shape index (κ3) is 6.00. The minimum absolute atomic E-state index is 0. The molecular formula is C30H36Cl2FN3O. The SMILES string of the molecule is Cl.Cl.Fc1ccc2c(c1)N(C[C@H]1CCCN1CCc1ccc(N3CCCC3)cc1)c1ccccc1CO2. The molecule has 1 atom stereocenters. The van der Waals surface area contributed by atoms with Crippen LogP contribution < -0.4 is 14.5 Å². The zero-order valence-corrected chi connectivity index (χ0v) is 22.8. The number of halogens is 3. The van der Waals surface area contributed by atoms with Gasteiger partial charge in [0.05, 0.1) is 5.69 Å². The number of likely N-dealkylation sites (tertiary alicyclic amines) is 1. The summed E-state index contributed by atoms with van der Waals surface area (Å²) in [5.41, 5.74) is 5.87. The van der Waals surface area contributed by atoms with Gasteiger partial charge in [0.1, 0.15) is 18.2 Å². The molecule has 0 amide bonds. The summed E-state index contributed by atoms with van der Waals surface area (Å²) in [6.07, 6.45) is 6.05. The summed E-state index contributed by atoms with van der Waals surface area (Å²) >= 11 is 0. The minimum atomic E-state index is -0.225. The molecular weight excluding hydrogens is 508 g/mol. The molecule has 0 aliphatic carbocycles. The molecule has 198 valence electrons. The summed E-state index contributed by atoms with van der Waals surface area (Å²) in [5, 5.41) is 0. The first-order chi connectivity index (χ1) is 17.2. The molecule has 3 heterocycles. The van der Waals surface area contributed by atoms with Gasteiger partial charge in [0, 0.05) is 55.2 Å². The summed E-state index contributed by atoms with van der Waals surface area (Å²) in [4.78, 5) is 7.40. The lowest BCUT2D eigenvalue weighted by molar-refractivity contribution is 0.261. The van der Waals surface area contributed by atoms with Gasteiger partial charge in [-0.15, -0.1) is 24.8 Å². The number of fused-ring (bicyclic) bond motifs is 2. The largest absolute Gasteiger partial charge is 0.487 e. The van der Waals surface area contributed by atoms with Gasteiger partial charge < -0.3 is 14.5 Å². The number of nitrogens with zero attached hydrogens (tertiary/aromatic N) is 3. The second-order valence-electron chi connectivity index (χ2n) is 10.1. The molecule has 7 heteroatoms. The van der Waals surface area contributed by atoms with E-state index >= 15 is 0 Å². The molecule has 3 aliphatic heterocycles. The zero-order chi connectivity index (χ0) is 23.6. The molecule has 3 aromatic rings. The highest BCUT2D eigenvalue weighted by Gasteiger charge is 2.30. The predicted molar refractivity (Wildman–Crippen MR) is 155 cm³/mol. The van der Waals surface area contributed by atoms with Crippen molar-refractivity contribution in [2.75, 3.05) is 42.5 Å². The van der Waals surface area contributed by atoms with Crippen LogP contribution in [-0.2, 0) is 13.0 Å². The Balaban J connectivity index is 0.00000160. The average Bonchev–Trinajstić information content (AvgIpc) is 3.56. The number of benzene rings is 3. The molecule has 6 rings (SSSR count). The maximum absolute atomic E-state index is 14.3. The van der Waals surface area contributed by atoms with Gasteiger partial charge in [0.15, 0.2) is 0 Å². The number of rotatable bonds is 6. The van der Waals surface area contributed by atoms with Crippen LogP contribution in [0.25, 0.3) is 0 Å². The van der Waals surface area contributed by atoms with Gasteiger partial charge in [0.25, 0.3) is 0 Å². The van der Waals surface area contributed by atoms with Gasteiger partial charge in [-0.25, -0.2) is 4.39 Å². The molecule has 3 aliphatic rings. The van der Waals surface area contributed by atoms with Gasteiger partial charge >= 0.3 is 0 Å². The second-order valence-corrected chi connectivity index (χ2v) is 10.1. The van der Waals surface area contributed by atoms with Crippen LogP contribution in [0.2, 0.25) is 0 Å². The fourth-order valence-electron chi connectivity index (χ4n) is 5.93. The standard InChI is InChI=1S/C30H34FN3O.2ClH/c31-25-11-14-30-29(20-25)34(28-8-2-1-6-24(28)22-35-30)21-27-7-5-18-33(27)19-15-23-9-12-26(13-10-23)32-16-3-4-17-32;;/h1-2,6,8-14,20,27H,3-5,7,15-19,21-22H2;2*1H/t27-;;/m1../s1. The summed E-state index contributed by atoms with van der Waals surface area (Å²) in [6.45, 7) is 5.89. The molecule has 3 aromatic carbocycles. The summed E-state index contributed by atoms with van der Waals surface area (Å²) in [7, 11) is 0. The van der Waals surface area contributed by atoms with Crippen molar-refractivity contribution in [3.63, 3.8) is 0 Å². The van der Waals surface area contributed by atoms with E-state index in [4.69, 9.17) is 4.74 Å². The molecule has 37 heavy (non-hydrogen) atoms. The lowest BCUT2D eigenvalue weighted by atomic mass is 10.1. The van der Waals surface area contributed by atoms with Crippen LogP contribution in [0.5, 0.6) is 5.75 Å². The van der Waals surface area contributed by atoms with Crippen molar-refractivity contribution in [3.05, 3.63) is 83.7 Å². The van der Waals surface area contributed by atoms with Gasteiger partial charge in [-0.2, -0.15) is 0 Å². The molecule has 2 fully saturated rings. The fraction of sp³-hybridized carbons (Fsp3) is 0.400. The number of hydrogen-bond donors (Lipinski definition) is 0. The third-order valence-corrected chi connectivity index (χ3v) is 7.87. The molecule has 0 unspecified atom stereocenters. The molecule has 0 N–H and O–H groups in total. The van der Waals surface area contributed by atoms with Crippen molar-refractivity contribution < 1.29 is 9.13 Å². The maximum Gasteiger partial charge on any atom is 0.143 e. The van der Waals surface area contributed by atoms with Gasteiger partial charge in [-0.3, -0.25) is 4.90 Å². The van der Waals surface area contributed by atoms with Crippen molar-refractivity contribution in [2.45, 2.75) is 44.8 Å². The highest BCUT2D eigenvalue weighted by Crippen LogP contribution is 2.40. The van der Waals surface area contributed by atoms with Crippen LogP contribution in [0.4, 0.5) is 21.5 Å². The quantitative estimate of drug-likeness (QED) is 0.333. The summed E-state index contributed by atoms with van der Waals surface area (Å²) < 4.78 is 20.4. The van der Waals surface area contributed by atoms with Crippen LogP contribution in [0.3, 0.4) is 0 Å². The molecule has 2 saturated heterocycles. The number of para-hydroxylation sites is 1. The molecule has 4 nitrogen and oxygen atoms in total. The Hall–Kier alpha value is -2.47. The van der Waals surface area contributed by atoms with E-state index in [0.29, 0.717) is 12.6 Å². The number of ether oxygens (including phenoxy) is 1. The fourth-order valence-corrected chi connectivity index (χ4v) is 5.93. The van der Waals surface area contributed by atoms with E-state index in [-0.39, 0.29) is 30.6 Å². The average molecular weight is 545 g/mol. The molecule has 0 bridgehead atoms. The topological polar surface area (TPSA) is 19.0 Å². The van der Waals surface area contributed by atoms with E-state index < -0.39 is 0 Å². The van der Waals surface area contributed by atoms with Crippen molar-refractivity contribution in [3.8, 4) is 5.75 Å². The van der Waals surface area contributed by atoms with E-state index in [2.05, 4.69) is 57.2 Å². The van der Waals surface area contributed by atoms with Gasteiger partial charge in [0.2, 0.25) is 0 Å². The number of anilines is 3. The Bertz CT molecular complexity index is 1170. The highest BCUT2D eigenvalue weighted by molar-refractivity contribution is 5.85. The monoisotopic (exact) mass is 543 g/mol. The summed E-state index contributed by atoms with van der Waals surface area (Å²) in [6, 6.07) is 22.9. The summed E-state index contributed by atoms with van der Waals surface area (Å²) in [5.74, 6) is 0.530. The molecule has 0 radical (unpaired) electrons. The first-order valence-corrected chi connectivity index (χ1v) is 13.1. The zero-order valence-electron chi connectivity index (χ0n) is 21.2. The van der Waals surface area contributed by atoms with Crippen molar-refractivity contribution in [1.29, 1.82) is 0 Å². The Kier molecular flexibility index (Phi) is 9.22. The highest BCUT2D eigenvalue weighted by atomic mass is 35.5. The van der Waals surface area contributed by atoms with Crippen LogP contribution in [-0.4, -0.2) is 43.7 Å². The van der Waals surface area contributed by atoms with E-state index in [0.717, 1.165) is 55.2 Å². The smallest absolute Gasteiger partial charge is 0.143 e. The van der Waals surface area contributed by atoms with E-state index in [1.807, 2.05) is 6.07 Å². The normalized spacial score (nSPS) is 18.8. The van der Waals surface area contributed by atoms with Crippen molar-refractivity contribution in [2.24, 2.45) is 0 Å². The lowest BCUT2D eigenvalue weighted by Crippen LogP contribution is -2.39. The first kappa shape index (κ1) is 27.6. The first-order valence-electron chi connectivity index (χ1n) is 13.1. The van der Waals surface area contributed by atoms with Crippen LogP contribution in [0.15, 0.2) is 66.7 Å². The van der Waals surface area contributed by atoms with E-state index in [9.17, 15) is 4.39 Å². The van der Waals surface area contributed by atoms with Crippen LogP contribution in [0, 0.1) is 5.82 Å². The van der Waals surface area contributed by atoms with Gasteiger partial charge in [-0.05, 0) is 74.5 Å². The van der Waals surface area contributed by atoms with Gasteiger partial charge in [-0.1, -0.05) is 30.3 Å². The van der Waals surface area contributed by atoms with Crippen LogP contribution >= 0.6 is 24.8 Å². The van der Waals surface area contributed by atoms with E-state index in [1.54, 1.807) is 12.1 Å². The molecule has 0 saturated carbocycles. The Labute approximate surface area is 232 Å². The van der Waals surface area contributed by atoms with Crippen LogP contribution in [0.1, 0.15) is 36.8 Å². The van der Waals surface area contributed by atoms with Crippen molar-refractivity contribution >= 4 is 41.9 Å². The number of hydrogen-bond acceptors (Lipinski definition) is 4. The minimum Gasteiger partial charge on any atom is -0.487 e. The van der Waals surface area contributed by atoms with Crippen molar-refractivity contribution in [1.82, 2.24) is 4.90 Å². The molecule has 0 spiro atoms. The maximum atomic E-state index is 14.3. The Morgan fingerprint density at radius 3 is 2.43 bits per heavy atom. The molecule has 0 aromatic heterocycles. The lowest BCUT2D eigenvalue weighted by Gasteiger charge is -2.32. The van der Waals surface area contributed by atoms with E-state index in [1.165, 1.54) is 49.7 Å². The second kappa shape index (κ2) is 12.4. The predicted octanol–water partition coefficient (Wildman–Crippen LogP) is 7.01. The Morgan fingerprint density at radius 1 is 0.838 bits per heavy atom. The third-order valence-electron chi connectivity index (χ3n) is 7.87.